The minimum atomic E-state index is -0.809. The molecule has 0 aromatic heterocycles. The third-order valence-electron chi connectivity index (χ3n) is 1.81. The van der Waals surface area contributed by atoms with E-state index in [1.165, 1.54) is 0 Å². The molecule has 0 spiro atoms. The Morgan fingerprint density at radius 3 is 3.00 bits per heavy atom. The highest BCUT2D eigenvalue weighted by molar-refractivity contribution is 5.78. The lowest BCUT2D eigenvalue weighted by Crippen LogP contribution is -2.35. The van der Waals surface area contributed by atoms with Crippen LogP contribution in [0.1, 0.15) is 6.42 Å². The third kappa shape index (κ3) is 2.15. The maximum Gasteiger partial charge on any atom is 0.236 e. The van der Waals surface area contributed by atoms with Gasteiger partial charge in [-0.3, -0.25) is 4.79 Å². The van der Waals surface area contributed by atoms with Crippen LogP contribution in [-0.4, -0.2) is 43.7 Å². The fourth-order valence-electron chi connectivity index (χ4n) is 1.21. The summed E-state index contributed by atoms with van der Waals surface area (Å²) in [5.41, 5.74) is 0. The highest BCUT2D eigenvalue weighted by Crippen LogP contribution is 2.11. The van der Waals surface area contributed by atoms with Gasteiger partial charge in [0.05, 0.1) is 13.1 Å². The predicted octanol–water partition coefficient (Wildman–Crippen LogP) is -0.224. The zero-order valence-corrected chi connectivity index (χ0v) is 6.64. The molecule has 1 saturated heterocycles. The molecule has 1 heterocycles. The second kappa shape index (κ2) is 3.67. The van der Waals surface area contributed by atoms with E-state index in [1.54, 1.807) is 11.9 Å². The fraction of sp³-hybridized carbons (Fsp3) is 0.857. The molecule has 1 aliphatic heterocycles. The molecular formula is C7H13FN2O. The first-order valence-electron chi connectivity index (χ1n) is 3.80. The number of likely N-dealkylation sites (N-methyl/N-ethyl adjacent to an activating group) is 1. The summed E-state index contributed by atoms with van der Waals surface area (Å²) >= 11 is 0. The molecule has 1 fully saturated rings. The van der Waals surface area contributed by atoms with Gasteiger partial charge < -0.3 is 10.2 Å². The predicted molar refractivity (Wildman–Crippen MR) is 40.0 cm³/mol. The molecule has 0 aromatic carbocycles. The van der Waals surface area contributed by atoms with Crippen LogP contribution in [0, 0.1) is 0 Å². The van der Waals surface area contributed by atoms with Crippen LogP contribution in [0.5, 0.6) is 0 Å². The van der Waals surface area contributed by atoms with Crippen molar-refractivity contribution in [3.8, 4) is 0 Å². The van der Waals surface area contributed by atoms with E-state index in [0.29, 0.717) is 19.5 Å². The van der Waals surface area contributed by atoms with Crippen LogP contribution < -0.4 is 5.32 Å². The summed E-state index contributed by atoms with van der Waals surface area (Å²) in [4.78, 5) is 12.6. The van der Waals surface area contributed by atoms with E-state index in [9.17, 15) is 9.18 Å². The summed E-state index contributed by atoms with van der Waals surface area (Å²) in [7, 11) is 1.71. The first-order chi connectivity index (χ1) is 5.24. The Kier molecular flexibility index (Phi) is 2.82. The lowest BCUT2D eigenvalue weighted by Gasteiger charge is -2.14. The Bertz CT molecular complexity index is 151. The zero-order valence-electron chi connectivity index (χ0n) is 6.64. The van der Waals surface area contributed by atoms with E-state index in [0.717, 1.165) is 0 Å². The molecule has 1 rings (SSSR count). The van der Waals surface area contributed by atoms with Crippen LogP contribution in [-0.2, 0) is 4.79 Å². The van der Waals surface area contributed by atoms with Gasteiger partial charge in [-0.05, 0) is 13.5 Å². The van der Waals surface area contributed by atoms with E-state index in [-0.39, 0.29) is 12.5 Å². The lowest BCUT2D eigenvalue weighted by molar-refractivity contribution is -0.129. The normalized spacial score (nSPS) is 24.2. The molecule has 64 valence electrons. The average Bonchev–Trinajstić information content (AvgIpc) is 2.36. The molecule has 0 saturated carbocycles. The second-order valence-electron chi connectivity index (χ2n) is 2.76. The number of halogens is 1. The van der Waals surface area contributed by atoms with Crippen LogP contribution >= 0.6 is 0 Å². The quantitative estimate of drug-likeness (QED) is 0.605. The maximum absolute atomic E-state index is 12.6. The molecule has 0 radical (unpaired) electrons. The number of hydrogen-bond donors (Lipinski definition) is 1. The molecule has 0 aliphatic carbocycles. The van der Waals surface area contributed by atoms with E-state index < -0.39 is 6.17 Å². The topological polar surface area (TPSA) is 32.3 Å². The monoisotopic (exact) mass is 160 g/mol. The Hall–Kier alpha value is -0.640. The highest BCUT2D eigenvalue weighted by atomic mass is 19.1. The average molecular weight is 160 g/mol. The van der Waals surface area contributed by atoms with Gasteiger partial charge in [-0.25, -0.2) is 4.39 Å². The summed E-state index contributed by atoms with van der Waals surface area (Å²) in [6, 6.07) is 0. The van der Waals surface area contributed by atoms with Gasteiger partial charge in [-0.15, -0.1) is 0 Å². The maximum atomic E-state index is 12.6. The Balaban J connectivity index is 2.31. The third-order valence-corrected chi connectivity index (χ3v) is 1.81. The molecule has 11 heavy (non-hydrogen) atoms. The van der Waals surface area contributed by atoms with Crippen molar-refractivity contribution in [2.75, 3.05) is 26.7 Å². The van der Waals surface area contributed by atoms with Crippen molar-refractivity contribution in [1.82, 2.24) is 10.2 Å². The molecule has 1 aliphatic rings. The van der Waals surface area contributed by atoms with Crippen LogP contribution in [0.4, 0.5) is 4.39 Å². The molecular weight excluding hydrogens is 147 g/mol. The highest BCUT2D eigenvalue weighted by Gasteiger charge is 2.24. The number of likely N-dealkylation sites (tertiary alicyclic amines) is 1. The van der Waals surface area contributed by atoms with Gasteiger partial charge in [-0.1, -0.05) is 0 Å². The number of amides is 1. The van der Waals surface area contributed by atoms with E-state index in [2.05, 4.69) is 5.32 Å². The van der Waals surface area contributed by atoms with Crippen molar-refractivity contribution in [1.29, 1.82) is 0 Å². The van der Waals surface area contributed by atoms with Crippen LogP contribution in [0.3, 0.4) is 0 Å². The number of carbonyl (C=O) groups is 1. The molecule has 1 atom stereocenters. The summed E-state index contributed by atoms with van der Waals surface area (Å²) in [6.07, 6.45) is -0.314. The van der Waals surface area contributed by atoms with Gasteiger partial charge in [0.25, 0.3) is 0 Å². The van der Waals surface area contributed by atoms with E-state index in [4.69, 9.17) is 0 Å². The van der Waals surface area contributed by atoms with Gasteiger partial charge in [0.1, 0.15) is 6.17 Å². The lowest BCUT2D eigenvalue weighted by atomic mass is 10.3. The Morgan fingerprint density at radius 1 is 1.82 bits per heavy atom. The summed E-state index contributed by atoms with van der Waals surface area (Å²) in [6.45, 7) is 1.16. The van der Waals surface area contributed by atoms with Gasteiger partial charge in [0.15, 0.2) is 0 Å². The zero-order chi connectivity index (χ0) is 8.27. The van der Waals surface area contributed by atoms with Crippen molar-refractivity contribution >= 4 is 5.91 Å². The van der Waals surface area contributed by atoms with Crippen molar-refractivity contribution in [2.45, 2.75) is 12.6 Å². The van der Waals surface area contributed by atoms with Crippen LogP contribution in [0.25, 0.3) is 0 Å². The Labute approximate surface area is 65.6 Å². The van der Waals surface area contributed by atoms with Crippen molar-refractivity contribution in [3.63, 3.8) is 0 Å². The number of nitrogens with one attached hydrogen (secondary N) is 1. The summed E-state index contributed by atoms with van der Waals surface area (Å²) in [5, 5.41) is 2.75. The van der Waals surface area contributed by atoms with E-state index in [1.807, 2.05) is 0 Å². The van der Waals surface area contributed by atoms with Crippen LogP contribution in [0.15, 0.2) is 0 Å². The van der Waals surface area contributed by atoms with Crippen molar-refractivity contribution in [3.05, 3.63) is 0 Å². The van der Waals surface area contributed by atoms with Gasteiger partial charge in [-0.2, -0.15) is 0 Å². The summed E-state index contributed by atoms with van der Waals surface area (Å²) < 4.78 is 12.6. The van der Waals surface area contributed by atoms with Crippen LogP contribution in [0.2, 0.25) is 0 Å². The number of alkyl halides is 1. The Morgan fingerprint density at radius 2 is 2.55 bits per heavy atom. The first kappa shape index (κ1) is 8.46. The fourth-order valence-corrected chi connectivity index (χ4v) is 1.21. The molecule has 1 amide bonds. The number of nitrogens with zero attached hydrogens (tertiary/aromatic N) is 1. The summed E-state index contributed by atoms with van der Waals surface area (Å²) in [5.74, 6) is -0.00681. The minimum Gasteiger partial charge on any atom is -0.339 e. The molecule has 3 nitrogen and oxygen atoms in total. The second-order valence-corrected chi connectivity index (χ2v) is 2.76. The standard InChI is InChI=1S/C7H13FN2O/c1-9-4-7(11)10-3-2-6(8)5-10/h6,9H,2-5H2,1H3/t6-/m0/s1. The van der Waals surface area contributed by atoms with Crippen molar-refractivity contribution < 1.29 is 9.18 Å². The van der Waals surface area contributed by atoms with Gasteiger partial charge in [0, 0.05) is 6.54 Å². The number of hydrogen-bond acceptors (Lipinski definition) is 2. The molecule has 0 bridgehead atoms. The van der Waals surface area contributed by atoms with E-state index >= 15 is 0 Å². The van der Waals surface area contributed by atoms with Gasteiger partial charge in [0.2, 0.25) is 5.91 Å². The SMILES string of the molecule is CNCC(=O)N1CC[C@H](F)C1. The number of carbonyl (C=O) groups excluding carboxylic acids is 1. The molecule has 0 unspecified atom stereocenters. The molecule has 0 aromatic rings. The molecule has 1 N–H and O–H groups in total. The molecule has 4 heteroatoms. The largest absolute Gasteiger partial charge is 0.339 e. The smallest absolute Gasteiger partial charge is 0.236 e. The number of rotatable bonds is 2. The minimum absolute atomic E-state index is 0.00681. The first-order valence-corrected chi connectivity index (χ1v) is 3.80. The van der Waals surface area contributed by atoms with Crippen molar-refractivity contribution in [2.24, 2.45) is 0 Å². The van der Waals surface area contributed by atoms with Gasteiger partial charge >= 0.3 is 0 Å².